The first-order valence-corrected chi connectivity index (χ1v) is 8.05. The molecule has 0 radical (unpaired) electrons. The summed E-state index contributed by atoms with van der Waals surface area (Å²) in [7, 11) is -6.13. The summed E-state index contributed by atoms with van der Waals surface area (Å²) in [5, 5.41) is 8.37. The standard InChI is InChI=1S/C8H14N2O6S2/c1-9-17(12,13)5-4-10-18(14,15)8-3-2-7(6-11)16-8/h2-3,9-11H,4-6H2,1H3. The van der Waals surface area contributed by atoms with E-state index in [1.165, 1.54) is 19.2 Å². The minimum Gasteiger partial charge on any atom is -0.446 e. The van der Waals surface area contributed by atoms with Gasteiger partial charge < -0.3 is 9.52 Å². The molecule has 1 heterocycles. The number of aliphatic hydroxyl groups is 1. The van der Waals surface area contributed by atoms with Crippen molar-refractivity contribution in [2.45, 2.75) is 11.7 Å². The average molecular weight is 298 g/mol. The molecule has 0 atom stereocenters. The zero-order valence-corrected chi connectivity index (χ0v) is 11.2. The van der Waals surface area contributed by atoms with Crippen LogP contribution in [0.4, 0.5) is 0 Å². The van der Waals surface area contributed by atoms with Crippen molar-refractivity contribution in [2.75, 3.05) is 19.3 Å². The first kappa shape index (κ1) is 15.1. The van der Waals surface area contributed by atoms with Gasteiger partial charge in [-0.2, -0.15) is 0 Å². The van der Waals surface area contributed by atoms with Crippen LogP contribution in [0, 0.1) is 0 Å². The molecule has 0 saturated carbocycles. The monoisotopic (exact) mass is 298 g/mol. The molecule has 0 aliphatic rings. The van der Waals surface area contributed by atoms with E-state index in [1.807, 2.05) is 0 Å². The molecular weight excluding hydrogens is 284 g/mol. The van der Waals surface area contributed by atoms with Crippen molar-refractivity contribution in [3.05, 3.63) is 17.9 Å². The summed E-state index contributed by atoms with van der Waals surface area (Å²) >= 11 is 0. The van der Waals surface area contributed by atoms with E-state index in [2.05, 4.69) is 9.44 Å². The molecule has 3 N–H and O–H groups in total. The molecule has 0 unspecified atom stereocenters. The molecule has 0 saturated heterocycles. The lowest BCUT2D eigenvalue weighted by Gasteiger charge is -2.04. The Balaban J connectivity index is 2.66. The second kappa shape index (κ2) is 5.80. The molecule has 0 aromatic carbocycles. The number of hydrogen-bond acceptors (Lipinski definition) is 6. The van der Waals surface area contributed by atoms with Gasteiger partial charge in [0.05, 0.1) is 5.75 Å². The largest absolute Gasteiger partial charge is 0.446 e. The smallest absolute Gasteiger partial charge is 0.273 e. The van der Waals surface area contributed by atoms with E-state index in [4.69, 9.17) is 9.52 Å². The SMILES string of the molecule is CNS(=O)(=O)CCNS(=O)(=O)c1ccc(CO)o1. The predicted molar refractivity (Wildman–Crippen MR) is 62.7 cm³/mol. The normalized spacial score (nSPS) is 12.8. The maximum Gasteiger partial charge on any atom is 0.273 e. The van der Waals surface area contributed by atoms with Crippen molar-refractivity contribution in [1.82, 2.24) is 9.44 Å². The Morgan fingerprint density at radius 3 is 2.44 bits per heavy atom. The van der Waals surface area contributed by atoms with Crippen LogP contribution in [0.15, 0.2) is 21.6 Å². The highest BCUT2D eigenvalue weighted by molar-refractivity contribution is 7.90. The molecule has 0 spiro atoms. The Kier molecular flexibility index (Phi) is 4.87. The fraction of sp³-hybridized carbons (Fsp3) is 0.500. The lowest BCUT2D eigenvalue weighted by atomic mass is 10.5. The minimum atomic E-state index is -3.90. The van der Waals surface area contributed by atoms with Crippen LogP contribution in [-0.2, 0) is 26.7 Å². The van der Waals surface area contributed by atoms with Gasteiger partial charge in [-0.05, 0) is 19.2 Å². The number of sulfonamides is 2. The highest BCUT2D eigenvalue weighted by Gasteiger charge is 2.19. The van der Waals surface area contributed by atoms with E-state index >= 15 is 0 Å². The number of hydrogen-bond donors (Lipinski definition) is 3. The maximum absolute atomic E-state index is 11.6. The number of nitrogens with one attached hydrogen (secondary N) is 2. The van der Waals surface area contributed by atoms with Crippen molar-refractivity contribution in [1.29, 1.82) is 0 Å². The Morgan fingerprint density at radius 2 is 1.94 bits per heavy atom. The molecule has 0 bridgehead atoms. The van der Waals surface area contributed by atoms with Crippen LogP contribution in [-0.4, -0.2) is 41.3 Å². The molecule has 18 heavy (non-hydrogen) atoms. The van der Waals surface area contributed by atoms with E-state index in [0.29, 0.717) is 0 Å². The van der Waals surface area contributed by atoms with Crippen LogP contribution in [0.5, 0.6) is 0 Å². The molecule has 1 rings (SSSR count). The van der Waals surface area contributed by atoms with Crippen LogP contribution >= 0.6 is 0 Å². The number of rotatable bonds is 7. The van der Waals surface area contributed by atoms with Gasteiger partial charge in [-0.15, -0.1) is 0 Å². The van der Waals surface area contributed by atoms with Gasteiger partial charge in [-0.25, -0.2) is 26.3 Å². The summed E-state index contributed by atoms with van der Waals surface area (Å²) in [4.78, 5) is 0. The maximum atomic E-state index is 11.6. The highest BCUT2D eigenvalue weighted by atomic mass is 32.2. The summed E-state index contributed by atoms with van der Waals surface area (Å²) < 4.78 is 54.4. The van der Waals surface area contributed by atoms with Crippen molar-refractivity contribution in [3.63, 3.8) is 0 Å². The van der Waals surface area contributed by atoms with E-state index < -0.39 is 26.7 Å². The highest BCUT2D eigenvalue weighted by Crippen LogP contribution is 2.13. The molecule has 1 aromatic heterocycles. The van der Waals surface area contributed by atoms with Gasteiger partial charge in [-0.1, -0.05) is 0 Å². The average Bonchev–Trinajstić information content (AvgIpc) is 2.77. The van der Waals surface area contributed by atoms with E-state index in [0.717, 1.165) is 0 Å². The van der Waals surface area contributed by atoms with E-state index in [1.54, 1.807) is 0 Å². The second-order valence-corrected chi connectivity index (χ2v) is 7.04. The van der Waals surface area contributed by atoms with Gasteiger partial charge in [-0.3, -0.25) is 0 Å². The molecule has 1 aromatic rings. The molecule has 8 nitrogen and oxygen atoms in total. The summed E-state index contributed by atoms with van der Waals surface area (Å²) in [5.74, 6) is -0.269. The van der Waals surface area contributed by atoms with E-state index in [-0.39, 0.29) is 23.2 Å². The molecule has 0 aliphatic carbocycles. The Morgan fingerprint density at radius 1 is 1.28 bits per heavy atom. The fourth-order valence-corrected chi connectivity index (χ4v) is 2.75. The van der Waals surface area contributed by atoms with Crippen molar-refractivity contribution in [2.24, 2.45) is 0 Å². The molecule has 0 fully saturated rings. The van der Waals surface area contributed by atoms with Gasteiger partial charge >= 0.3 is 0 Å². The Bertz CT molecular complexity index is 589. The Hall–Kier alpha value is -0.940. The van der Waals surface area contributed by atoms with Crippen LogP contribution in [0.25, 0.3) is 0 Å². The molecule has 10 heteroatoms. The molecule has 0 aliphatic heterocycles. The fourth-order valence-electron chi connectivity index (χ4n) is 1.07. The number of aliphatic hydroxyl groups excluding tert-OH is 1. The summed E-state index contributed by atoms with van der Waals surface area (Å²) in [5.41, 5.74) is 0. The van der Waals surface area contributed by atoms with Crippen LogP contribution < -0.4 is 9.44 Å². The zero-order valence-electron chi connectivity index (χ0n) is 9.58. The zero-order chi connectivity index (χ0) is 13.8. The van der Waals surface area contributed by atoms with E-state index in [9.17, 15) is 16.8 Å². The minimum absolute atomic E-state index is 0.109. The third kappa shape index (κ3) is 4.07. The summed E-state index contributed by atoms with van der Waals surface area (Å²) in [6, 6.07) is 2.50. The first-order valence-electron chi connectivity index (χ1n) is 4.91. The van der Waals surface area contributed by atoms with Gasteiger partial charge in [0.15, 0.2) is 0 Å². The van der Waals surface area contributed by atoms with Crippen LogP contribution in [0.3, 0.4) is 0 Å². The third-order valence-corrected chi connectivity index (χ3v) is 4.73. The van der Waals surface area contributed by atoms with Crippen LogP contribution in [0.1, 0.15) is 5.76 Å². The number of furan rings is 1. The van der Waals surface area contributed by atoms with Gasteiger partial charge in [0.1, 0.15) is 12.4 Å². The summed E-state index contributed by atoms with van der Waals surface area (Å²) in [6.45, 7) is -0.690. The molecular formula is C8H14N2O6S2. The molecule has 0 amide bonds. The van der Waals surface area contributed by atoms with Gasteiger partial charge in [0.25, 0.3) is 10.0 Å². The topological polar surface area (TPSA) is 126 Å². The lowest BCUT2D eigenvalue weighted by molar-refractivity contribution is 0.236. The van der Waals surface area contributed by atoms with Gasteiger partial charge in [0, 0.05) is 6.54 Å². The Labute approximate surface area is 105 Å². The van der Waals surface area contributed by atoms with Crippen LogP contribution in [0.2, 0.25) is 0 Å². The lowest BCUT2D eigenvalue weighted by Crippen LogP contribution is -2.32. The van der Waals surface area contributed by atoms with Crippen molar-refractivity contribution in [3.8, 4) is 0 Å². The predicted octanol–water partition coefficient (Wildman–Crippen LogP) is -1.40. The second-order valence-electron chi connectivity index (χ2n) is 3.30. The summed E-state index contributed by atoms with van der Waals surface area (Å²) in [6.07, 6.45) is 0. The molecule has 104 valence electrons. The van der Waals surface area contributed by atoms with Crippen molar-refractivity contribution < 1.29 is 26.4 Å². The third-order valence-electron chi connectivity index (χ3n) is 2.03. The van der Waals surface area contributed by atoms with Gasteiger partial charge in [0.2, 0.25) is 15.1 Å². The quantitative estimate of drug-likeness (QED) is 0.568. The first-order chi connectivity index (χ1) is 8.30. The van der Waals surface area contributed by atoms with Crippen molar-refractivity contribution >= 4 is 20.0 Å².